The van der Waals surface area contributed by atoms with Crippen molar-refractivity contribution in [3.05, 3.63) is 0 Å². The van der Waals surface area contributed by atoms with Crippen LogP contribution in [0, 0.1) is 11.8 Å². The fraction of sp³-hybridized carbons (Fsp3) is 0.833. The number of hydrogen-bond donors (Lipinski definition) is 1. The Labute approximate surface area is 93.1 Å². The molecular formula is C12H22N2O. The second kappa shape index (κ2) is 6.12. The van der Waals surface area contributed by atoms with Crippen molar-refractivity contribution in [3.63, 3.8) is 0 Å². The van der Waals surface area contributed by atoms with Crippen LogP contribution in [0.1, 0.15) is 19.8 Å². The van der Waals surface area contributed by atoms with Gasteiger partial charge in [-0.05, 0) is 27.4 Å². The van der Waals surface area contributed by atoms with Gasteiger partial charge in [-0.1, -0.05) is 0 Å². The van der Waals surface area contributed by atoms with E-state index in [2.05, 4.69) is 35.7 Å². The van der Waals surface area contributed by atoms with E-state index in [1.54, 1.807) is 0 Å². The van der Waals surface area contributed by atoms with Gasteiger partial charge in [0.1, 0.15) is 0 Å². The Hall–Kier alpha value is -0.560. The lowest BCUT2D eigenvalue weighted by Gasteiger charge is -2.25. The van der Waals surface area contributed by atoms with E-state index in [9.17, 15) is 5.11 Å². The molecule has 1 rings (SSSR count). The Morgan fingerprint density at radius 3 is 2.80 bits per heavy atom. The molecule has 1 aliphatic rings. The van der Waals surface area contributed by atoms with Gasteiger partial charge >= 0.3 is 0 Å². The number of aliphatic hydroxyl groups excluding tert-OH is 1. The molecule has 0 aromatic heterocycles. The molecule has 0 radical (unpaired) electrons. The highest BCUT2D eigenvalue weighted by Gasteiger charge is 2.30. The normalized spacial score (nSPS) is 26.7. The zero-order valence-corrected chi connectivity index (χ0v) is 10.0. The van der Waals surface area contributed by atoms with Crippen molar-refractivity contribution in [1.29, 1.82) is 0 Å². The summed E-state index contributed by atoms with van der Waals surface area (Å²) in [5.74, 6) is 5.99. The van der Waals surface area contributed by atoms with Crippen molar-refractivity contribution in [3.8, 4) is 11.8 Å². The Balaban J connectivity index is 2.40. The van der Waals surface area contributed by atoms with E-state index in [4.69, 9.17) is 0 Å². The first-order valence-corrected chi connectivity index (χ1v) is 5.60. The topological polar surface area (TPSA) is 26.7 Å². The molecule has 0 spiro atoms. The fourth-order valence-electron chi connectivity index (χ4n) is 2.17. The number of nitrogens with zero attached hydrogens (tertiary/aromatic N) is 2. The van der Waals surface area contributed by atoms with Gasteiger partial charge in [-0.15, -0.1) is 11.8 Å². The van der Waals surface area contributed by atoms with Crippen LogP contribution in [-0.4, -0.2) is 60.8 Å². The Morgan fingerprint density at radius 2 is 2.20 bits per heavy atom. The van der Waals surface area contributed by atoms with Gasteiger partial charge in [0.25, 0.3) is 0 Å². The predicted molar refractivity (Wildman–Crippen MR) is 62.6 cm³/mol. The highest BCUT2D eigenvalue weighted by atomic mass is 16.3. The van der Waals surface area contributed by atoms with Crippen molar-refractivity contribution in [1.82, 2.24) is 9.80 Å². The highest BCUT2D eigenvalue weighted by Crippen LogP contribution is 2.18. The van der Waals surface area contributed by atoms with Crippen molar-refractivity contribution < 1.29 is 5.11 Å². The van der Waals surface area contributed by atoms with E-state index in [1.165, 1.54) is 0 Å². The molecule has 86 valence electrons. The number of aliphatic hydroxyl groups is 1. The van der Waals surface area contributed by atoms with Crippen molar-refractivity contribution >= 4 is 0 Å². The van der Waals surface area contributed by atoms with Crippen LogP contribution in [0.4, 0.5) is 0 Å². The standard InChI is InChI=1S/C12H22N2O/c1-4-5-6-7-14-10-12(15)8-11(14)9-13(2)3/h11-12,15H,6-10H2,1-3H3. The highest BCUT2D eigenvalue weighted by molar-refractivity contribution is 4.97. The van der Waals surface area contributed by atoms with Crippen LogP contribution >= 0.6 is 0 Å². The summed E-state index contributed by atoms with van der Waals surface area (Å²) in [5, 5.41) is 9.64. The van der Waals surface area contributed by atoms with Crippen LogP contribution in [0.5, 0.6) is 0 Å². The van der Waals surface area contributed by atoms with E-state index in [-0.39, 0.29) is 6.10 Å². The molecule has 1 fully saturated rings. The minimum Gasteiger partial charge on any atom is -0.392 e. The Bertz CT molecular complexity index is 242. The lowest BCUT2D eigenvalue weighted by atomic mass is 10.2. The van der Waals surface area contributed by atoms with Gasteiger partial charge in [0.2, 0.25) is 0 Å². The smallest absolute Gasteiger partial charge is 0.0682 e. The first kappa shape index (κ1) is 12.5. The quantitative estimate of drug-likeness (QED) is 0.680. The zero-order chi connectivity index (χ0) is 11.3. The van der Waals surface area contributed by atoms with E-state index in [1.807, 2.05) is 6.92 Å². The second-order valence-electron chi connectivity index (χ2n) is 4.48. The van der Waals surface area contributed by atoms with Crippen molar-refractivity contribution in [2.24, 2.45) is 0 Å². The molecule has 0 amide bonds. The van der Waals surface area contributed by atoms with Crippen molar-refractivity contribution in [2.75, 3.05) is 33.7 Å². The SMILES string of the molecule is CC#CCCN1CC(O)CC1CN(C)C. The summed E-state index contributed by atoms with van der Waals surface area (Å²) in [7, 11) is 4.16. The lowest BCUT2D eigenvalue weighted by Crippen LogP contribution is -2.37. The molecule has 0 aromatic carbocycles. The average Bonchev–Trinajstić information content (AvgIpc) is 2.46. The third kappa shape index (κ3) is 4.21. The molecule has 0 aromatic rings. The van der Waals surface area contributed by atoms with Gasteiger partial charge in [-0.2, -0.15) is 0 Å². The fourth-order valence-corrected chi connectivity index (χ4v) is 2.17. The largest absolute Gasteiger partial charge is 0.392 e. The summed E-state index contributed by atoms with van der Waals surface area (Å²) < 4.78 is 0. The van der Waals surface area contributed by atoms with E-state index >= 15 is 0 Å². The number of β-amino-alcohol motifs (C(OH)–C–C–N with tert-alkyl or cyclic N) is 1. The number of likely N-dealkylation sites (tertiary alicyclic amines) is 1. The number of likely N-dealkylation sites (N-methyl/N-ethyl adjacent to an activating group) is 1. The van der Waals surface area contributed by atoms with E-state index in [0.29, 0.717) is 6.04 Å². The third-order valence-electron chi connectivity index (χ3n) is 2.78. The van der Waals surface area contributed by atoms with Gasteiger partial charge in [0, 0.05) is 32.1 Å². The van der Waals surface area contributed by atoms with Crippen molar-refractivity contribution in [2.45, 2.75) is 31.9 Å². The molecule has 15 heavy (non-hydrogen) atoms. The van der Waals surface area contributed by atoms with Crippen LogP contribution in [0.2, 0.25) is 0 Å². The van der Waals surface area contributed by atoms with Crippen LogP contribution in [0.3, 0.4) is 0 Å². The maximum Gasteiger partial charge on any atom is 0.0682 e. The summed E-state index contributed by atoms with van der Waals surface area (Å²) in [6.45, 7) is 4.69. The Morgan fingerprint density at radius 1 is 1.47 bits per heavy atom. The van der Waals surface area contributed by atoms with Gasteiger partial charge in [-0.3, -0.25) is 4.90 Å². The number of rotatable bonds is 4. The summed E-state index contributed by atoms with van der Waals surface area (Å²) in [6, 6.07) is 0.494. The van der Waals surface area contributed by atoms with Gasteiger partial charge in [-0.25, -0.2) is 0 Å². The molecule has 0 aliphatic carbocycles. The average molecular weight is 210 g/mol. The lowest BCUT2D eigenvalue weighted by molar-refractivity contribution is 0.174. The van der Waals surface area contributed by atoms with Crippen LogP contribution in [-0.2, 0) is 0 Å². The first-order valence-electron chi connectivity index (χ1n) is 5.60. The van der Waals surface area contributed by atoms with Gasteiger partial charge in [0.15, 0.2) is 0 Å². The molecule has 1 N–H and O–H groups in total. The molecular weight excluding hydrogens is 188 g/mol. The molecule has 2 atom stereocenters. The van der Waals surface area contributed by atoms with Gasteiger partial charge < -0.3 is 10.0 Å². The van der Waals surface area contributed by atoms with E-state index in [0.717, 1.165) is 32.5 Å². The van der Waals surface area contributed by atoms with Crippen LogP contribution in [0.15, 0.2) is 0 Å². The van der Waals surface area contributed by atoms with Crippen LogP contribution < -0.4 is 0 Å². The molecule has 0 bridgehead atoms. The molecule has 1 aliphatic heterocycles. The molecule has 3 nitrogen and oxygen atoms in total. The zero-order valence-electron chi connectivity index (χ0n) is 10.0. The van der Waals surface area contributed by atoms with E-state index < -0.39 is 0 Å². The summed E-state index contributed by atoms with van der Waals surface area (Å²) in [6.07, 6.45) is 1.66. The molecule has 1 saturated heterocycles. The Kier molecular flexibility index (Phi) is 5.10. The maximum atomic E-state index is 9.64. The first-order chi connectivity index (χ1) is 7.13. The minimum absolute atomic E-state index is 0.149. The summed E-state index contributed by atoms with van der Waals surface area (Å²) in [4.78, 5) is 4.54. The van der Waals surface area contributed by atoms with Crippen LogP contribution in [0.25, 0.3) is 0 Å². The predicted octanol–water partition coefficient (Wildman–Crippen LogP) is 0.397. The monoisotopic (exact) mass is 210 g/mol. The maximum absolute atomic E-state index is 9.64. The molecule has 0 saturated carbocycles. The summed E-state index contributed by atoms with van der Waals surface area (Å²) in [5.41, 5.74) is 0. The minimum atomic E-state index is -0.149. The van der Waals surface area contributed by atoms with Gasteiger partial charge in [0.05, 0.1) is 6.10 Å². The molecule has 3 heteroatoms. The molecule has 1 heterocycles. The second-order valence-corrected chi connectivity index (χ2v) is 4.48. The number of hydrogen-bond acceptors (Lipinski definition) is 3. The molecule has 2 unspecified atom stereocenters. The third-order valence-corrected chi connectivity index (χ3v) is 2.78. The summed E-state index contributed by atoms with van der Waals surface area (Å²) >= 11 is 0.